The molecule has 1 atom stereocenters. The molecule has 1 amide bonds. The molecule has 0 aromatic carbocycles. The average molecular weight is 261 g/mol. The standard InChI is InChI=1S/C11H21NO4.C2H6/c1-5-15-10(13)9(7-8(3)4)12-11(14)16-6-2;1-2/h8-9H,5-7H2,1-4H3,(H,12,14);1-2H3. The molecule has 1 unspecified atom stereocenters. The molecule has 5 heteroatoms. The van der Waals surface area contributed by atoms with Crippen molar-refractivity contribution in [2.24, 2.45) is 5.92 Å². The Labute approximate surface area is 110 Å². The summed E-state index contributed by atoms with van der Waals surface area (Å²) >= 11 is 0. The lowest BCUT2D eigenvalue weighted by atomic mass is 10.0. The van der Waals surface area contributed by atoms with E-state index in [1.54, 1.807) is 13.8 Å². The first-order valence-corrected chi connectivity index (χ1v) is 6.61. The zero-order chi connectivity index (χ0) is 14.6. The van der Waals surface area contributed by atoms with Gasteiger partial charge in [-0.3, -0.25) is 0 Å². The molecule has 0 aliphatic heterocycles. The third-order valence-electron chi connectivity index (χ3n) is 1.85. The molecule has 0 radical (unpaired) electrons. The first kappa shape index (κ1) is 19.1. The zero-order valence-electron chi connectivity index (χ0n) is 12.4. The Balaban J connectivity index is 0. The van der Waals surface area contributed by atoms with Crippen molar-refractivity contribution in [3.63, 3.8) is 0 Å². The SMILES string of the molecule is CC.CCOC(=O)NC(CC(C)C)C(=O)OCC. The third kappa shape index (κ3) is 9.93. The maximum Gasteiger partial charge on any atom is 0.407 e. The van der Waals surface area contributed by atoms with Crippen LogP contribution in [0, 0.1) is 5.92 Å². The zero-order valence-corrected chi connectivity index (χ0v) is 12.4. The van der Waals surface area contributed by atoms with Gasteiger partial charge in [-0.25, -0.2) is 9.59 Å². The van der Waals surface area contributed by atoms with Gasteiger partial charge in [0.2, 0.25) is 0 Å². The Bertz CT molecular complexity index is 229. The van der Waals surface area contributed by atoms with Crippen molar-refractivity contribution in [3.8, 4) is 0 Å². The highest BCUT2D eigenvalue weighted by Gasteiger charge is 2.23. The fourth-order valence-corrected chi connectivity index (χ4v) is 1.24. The molecule has 0 aromatic rings. The van der Waals surface area contributed by atoms with Crippen molar-refractivity contribution in [3.05, 3.63) is 0 Å². The van der Waals surface area contributed by atoms with Crippen LogP contribution in [0.25, 0.3) is 0 Å². The van der Waals surface area contributed by atoms with Crippen molar-refractivity contribution < 1.29 is 19.1 Å². The quantitative estimate of drug-likeness (QED) is 0.747. The van der Waals surface area contributed by atoms with E-state index in [1.807, 2.05) is 27.7 Å². The van der Waals surface area contributed by atoms with Gasteiger partial charge in [-0.1, -0.05) is 27.7 Å². The van der Waals surface area contributed by atoms with Crippen LogP contribution in [-0.2, 0) is 14.3 Å². The van der Waals surface area contributed by atoms with Crippen LogP contribution in [0.4, 0.5) is 4.79 Å². The summed E-state index contributed by atoms with van der Waals surface area (Å²) in [5.41, 5.74) is 0. The summed E-state index contributed by atoms with van der Waals surface area (Å²) < 4.78 is 9.60. The molecule has 1 N–H and O–H groups in total. The second kappa shape index (κ2) is 12.2. The van der Waals surface area contributed by atoms with Crippen molar-refractivity contribution in [2.45, 2.75) is 54.0 Å². The normalized spacial score (nSPS) is 11.1. The Morgan fingerprint density at radius 2 is 1.56 bits per heavy atom. The van der Waals surface area contributed by atoms with E-state index < -0.39 is 18.1 Å². The molecule has 108 valence electrons. The molecule has 0 heterocycles. The summed E-state index contributed by atoms with van der Waals surface area (Å²) in [4.78, 5) is 22.7. The van der Waals surface area contributed by atoms with Crippen molar-refractivity contribution in [1.82, 2.24) is 5.32 Å². The van der Waals surface area contributed by atoms with Gasteiger partial charge >= 0.3 is 12.1 Å². The van der Waals surface area contributed by atoms with E-state index in [9.17, 15) is 9.59 Å². The smallest absolute Gasteiger partial charge is 0.407 e. The summed E-state index contributed by atoms with van der Waals surface area (Å²) in [6.45, 7) is 12.0. The molecule has 0 saturated carbocycles. The van der Waals surface area contributed by atoms with Gasteiger partial charge in [-0.2, -0.15) is 0 Å². The molecule has 0 aliphatic carbocycles. The number of esters is 1. The molecule has 0 fully saturated rings. The van der Waals surface area contributed by atoms with Crippen molar-refractivity contribution in [2.75, 3.05) is 13.2 Å². The third-order valence-corrected chi connectivity index (χ3v) is 1.85. The van der Waals surface area contributed by atoms with Crippen LogP contribution in [0.5, 0.6) is 0 Å². The second-order valence-electron chi connectivity index (χ2n) is 3.80. The maximum atomic E-state index is 11.5. The Kier molecular flexibility index (Phi) is 12.9. The fraction of sp³-hybridized carbons (Fsp3) is 0.846. The van der Waals surface area contributed by atoms with Gasteiger partial charge in [0.05, 0.1) is 13.2 Å². The van der Waals surface area contributed by atoms with Gasteiger partial charge in [-0.15, -0.1) is 0 Å². The summed E-state index contributed by atoms with van der Waals surface area (Å²) in [6, 6.07) is -0.626. The first-order chi connectivity index (χ1) is 8.51. The van der Waals surface area contributed by atoms with Gasteiger partial charge in [0.25, 0.3) is 0 Å². The van der Waals surface area contributed by atoms with Gasteiger partial charge in [-0.05, 0) is 26.2 Å². The van der Waals surface area contributed by atoms with Gasteiger partial charge in [0.1, 0.15) is 6.04 Å². The summed E-state index contributed by atoms with van der Waals surface area (Å²) in [6.07, 6.45) is -0.0429. The van der Waals surface area contributed by atoms with Gasteiger partial charge in [0, 0.05) is 0 Å². The van der Waals surface area contributed by atoms with Crippen LogP contribution in [0.2, 0.25) is 0 Å². The predicted octanol–water partition coefficient (Wildman–Crippen LogP) is 2.74. The molecule has 0 aromatic heterocycles. The highest BCUT2D eigenvalue weighted by molar-refractivity contribution is 5.81. The number of ether oxygens (including phenoxy) is 2. The average Bonchev–Trinajstić information content (AvgIpc) is 2.31. The van der Waals surface area contributed by atoms with Crippen LogP contribution in [0.3, 0.4) is 0 Å². The van der Waals surface area contributed by atoms with E-state index in [-0.39, 0.29) is 12.5 Å². The van der Waals surface area contributed by atoms with E-state index in [1.165, 1.54) is 0 Å². The van der Waals surface area contributed by atoms with Crippen molar-refractivity contribution >= 4 is 12.1 Å². The van der Waals surface area contributed by atoms with Gasteiger partial charge in [0.15, 0.2) is 0 Å². The molecule has 18 heavy (non-hydrogen) atoms. The lowest BCUT2D eigenvalue weighted by Gasteiger charge is -2.18. The lowest BCUT2D eigenvalue weighted by Crippen LogP contribution is -2.43. The number of carbonyl (C=O) groups excluding carboxylic acids is 2. The van der Waals surface area contributed by atoms with Crippen LogP contribution < -0.4 is 5.32 Å². The van der Waals surface area contributed by atoms with Crippen LogP contribution in [-0.4, -0.2) is 31.3 Å². The number of rotatable bonds is 6. The second-order valence-corrected chi connectivity index (χ2v) is 3.80. The van der Waals surface area contributed by atoms with E-state index in [2.05, 4.69) is 5.32 Å². The van der Waals surface area contributed by atoms with E-state index in [0.29, 0.717) is 13.0 Å². The summed E-state index contributed by atoms with van der Waals surface area (Å²) in [7, 11) is 0. The number of hydrogen-bond acceptors (Lipinski definition) is 4. The number of nitrogens with one attached hydrogen (secondary N) is 1. The van der Waals surface area contributed by atoms with E-state index in [0.717, 1.165) is 0 Å². The number of alkyl carbamates (subject to hydrolysis) is 1. The largest absolute Gasteiger partial charge is 0.464 e. The fourth-order valence-electron chi connectivity index (χ4n) is 1.24. The van der Waals surface area contributed by atoms with Gasteiger partial charge < -0.3 is 14.8 Å². The number of amides is 1. The first-order valence-electron chi connectivity index (χ1n) is 6.61. The predicted molar refractivity (Wildman–Crippen MR) is 71.4 cm³/mol. The van der Waals surface area contributed by atoms with E-state index >= 15 is 0 Å². The van der Waals surface area contributed by atoms with Crippen LogP contribution in [0.1, 0.15) is 48.0 Å². The summed E-state index contributed by atoms with van der Waals surface area (Å²) in [5, 5.41) is 2.50. The lowest BCUT2D eigenvalue weighted by molar-refractivity contribution is -0.145. The number of carbonyl (C=O) groups is 2. The van der Waals surface area contributed by atoms with Crippen molar-refractivity contribution in [1.29, 1.82) is 0 Å². The molecule has 5 nitrogen and oxygen atoms in total. The molecule has 0 spiro atoms. The minimum atomic E-state index is -0.626. The molecule has 0 aliphatic rings. The Hall–Kier alpha value is -1.26. The van der Waals surface area contributed by atoms with E-state index in [4.69, 9.17) is 9.47 Å². The van der Waals surface area contributed by atoms with Crippen LogP contribution >= 0.6 is 0 Å². The molecule has 0 rings (SSSR count). The highest BCUT2D eigenvalue weighted by Crippen LogP contribution is 2.06. The molecular weight excluding hydrogens is 234 g/mol. The minimum Gasteiger partial charge on any atom is -0.464 e. The number of hydrogen-bond donors (Lipinski definition) is 1. The monoisotopic (exact) mass is 261 g/mol. The minimum absolute atomic E-state index is 0.281. The Morgan fingerprint density at radius 3 is 1.94 bits per heavy atom. The molecular formula is C13H27NO4. The topological polar surface area (TPSA) is 64.6 Å². The molecule has 0 saturated heterocycles. The summed E-state index contributed by atoms with van der Waals surface area (Å²) in [5.74, 6) is -0.124. The maximum absolute atomic E-state index is 11.5. The van der Waals surface area contributed by atoms with Crippen LogP contribution in [0.15, 0.2) is 0 Å². The molecule has 0 bridgehead atoms. The Morgan fingerprint density at radius 1 is 1.06 bits per heavy atom. The highest BCUT2D eigenvalue weighted by atomic mass is 16.6.